The molecule has 3 atom stereocenters. The molecular formula is C18H21N3O5. The van der Waals surface area contributed by atoms with E-state index in [2.05, 4.69) is 0 Å². The fourth-order valence-corrected chi connectivity index (χ4v) is 3.98. The van der Waals surface area contributed by atoms with Gasteiger partial charge < -0.3 is 23.7 Å². The molecule has 3 fully saturated rings. The van der Waals surface area contributed by atoms with Gasteiger partial charge in [-0.1, -0.05) is 0 Å². The highest BCUT2D eigenvalue weighted by molar-refractivity contribution is 5.94. The highest BCUT2D eigenvalue weighted by Crippen LogP contribution is 2.32. The Kier molecular flexibility index (Phi) is 4.66. The molecule has 0 aromatic carbocycles. The topological polar surface area (TPSA) is 96.0 Å². The van der Waals surface area contributed by atoms with E-state index in [4.69, 9.17) is 19.2 Å². The van der Waals surface area contributed by atoms with Crippen molar-refractivity contribution in [3.63, 3.8) is 0 Å². The van der Waals surface area contributed by atoms with E-state index in [-0.39, 0.29) is 30.3 Å². The molecule has 26 heavy (non-hydrogen) atoms. The molecule has 1 aromatic rings. The van der Waals surface area contributed by atoms with Gasteiger partial charge in [-0.15, -0.1) is 0 Å². The number of nitriles is 1. The number of hydrogen-bond donors (Lipinski definition) is 0. The zero-order chi connectivity index (χ0) is 18.1. The van der Waals surface area contributed by atoms with E-state index >= 15 is 0 Å². The third kappa shape index (κ3) is 3.32. The van der Waals surface area contributed by atoms with Crippen LogP contribution in [-0.4, -0.2) is 73.7 Å². The average Bonchev–Trinajstić information content (AvgIpc) is 3.42. The average molecular weight is 359 g/mol. The minimum Gasteiger partial charge on any atom is -0.453 e. The fourth-order valence-electron chi connectivity index (χ4n) is 3.98. The number of ether oxygens (including phenoxy) is 2. The van der Waals surface area contributed by atoms with Crippen molar-refractivity contribution in [1.29, 1.82) is 5.26 Å². The van der Waals surface area contributed by atoms with Gasteiger partial charge in [0.25, 0.3) is 5.91 Å². The Hall–Kier alpha value is -2.37. The maximum absolute atomic E-state index is 12.5. The Morgan fingerprint density at radius 3 is 2.58 bits per heavy atom. The Bertz CT molecular complexity index is 719. The van der Waals surface area contributed by atoms with Crippen molar-refractivity contribution < 1.29 is 23.5 Å². The van der Waals surface area contributed by atoms with Gasteiger partial charge in [-0.3, -0.25) is 9.59 Å². The van der Waals surface area contributed by atoms with Crippen molar-refractivity contribution in [3.05, 3.63) is 23.7 Å². The highest BCUT2D eigenvalue weighted by Gasteiger charge is 2.43. The normalized spacial score (nSPS) is 27.6. The van der Waals surface area contributed by atoms with Crippen LogP contribution in [0.15, 0.2) is 16.7 Å². The standard InChI is InChI=1S/C18H21N3O5/c19-4-16-3-12(9-25-16)18(23)21-7-13-5-20(6-14(13)8-21)17(22)11-26-15-1-2-24-10-15/h3,9,13-15H,1-2,5-8,10-11H2/t13-,14+,15?. The second-order valence-corrected chi connectivity index (χ2v) is 7.14. The molecule has 4 heterocycles. The molecule has 0 spiro atoms. The smallest absolute Gasteiger partial charge is 0.257 e. The molecule has 0 radical (unpaired) electrons. The maximum atomic E-state index is 12.5. The van der Waals surface area contributed by atoms with E-state index < -0.39 is 0 Å². The molecule has 4 rings (SSSR count). The minimum absolute atomic E-state index is 0.0117. The van der Waals surface area contributed by atoms with E-state index in [1.165, 1.54) is 12.3 Å². The molecular weight excluding hydrogens is 338 g/mol. The molecule has 138 valence electrons. The molecule has 1 unspecified atom stereocenters. The molecule has 1 aromatic heterocycles. The molecule has 0 saturated carbocycles. The number of furan rings is 1. The van der Waals surface area contributed by atoms with Gasteiger partial charge in [0.1, 0.15) is 18.9 Å². The van der Waals surface area contributed by atoms with E-state index in [9.17, 15) is 9.59 Å². The molecule has 3 aliphatic heterocycles. The van der Waals surface area contributed by atoms with Crippen LogP contribution in [0.5, 0.6) is 0 Å². The van der Waals surface area contributed by atoms with Crippen LogP contribution in [0.3, 0.4) is 0 Å². The second kappa shape index (κ2) is 7.09. The lowest BCUT2D eigenvalue weighted by Gasteiger charge is -2.22. The second-order valence-electron chi connectivity index (χ2n) is 7.14. The largest absolute Gasteiger partial charge is 0.453 e. The lowest BCUT2D eigenvalue weighted by atomic mass is 10.0. The first-order valence-electron chi connectivity index (χ1n) is 8.89. The van der Waals surface area contributed by atoms with Crippen molar-refractivity contribution in [3.8, 4) is 6.07 Å². The maximum Gasteiger partial charge on any atom is 0.257 e. The first-order valence-corrected chi connectivity index (χ1v) is 8.89. The zero-order valence-corrected chi connectivity index (χ0v) is 14.4. The van der Waals surface area contributed by atoms with Crippen LogP contribution < -0.4 is 0 Å². The number of likely N-dealkylation sites (tertiary alicyclic amines) is 2. The Morgan fingerprint density at radius 2 is 1.96 bits per heavy atom. The number of rotatable bonds is 4. The SMILES string of the molecule is N#Cc1cc(C(=O)N2C[C@H]3CN(C(=O)COC4CCOC4)C[C@H]3C2)co1. The van der Waals surface area contributed by atoms with E-state index in [1.807, 2.05) is 11.0 Å². The van der Waals surface area contributed by atoms with Gasteiger partial charge in [0.15, 0.2) is 0 Å². The van der Waals surface area contributed by atoms with E-state index in [0.29, 0.717) is 56.8 Å². The summed E-state index contributed by atoms with van der Waals surface area (Å²) >= 11 is 0. The van der Waals surface area contributed by atoms with Crippen molar-refractivity contribution in [2.24, 2.45) is 11.8 Å². The van der Waals surface area contributed by atoms with Gasteiger partial charge in [-0.25, -0.2) is 0 Å². The van der Waals surface area contributed by atoms with Crippen molar-refractivity contribution >= 4 is 11.8 Å². The van der Waals surface area contributed by atoms with E-state index in [1.54, 1.807) is 4.90 Å². The van der Waals surface area contributed by atoms with Gasteiger partial charge in [-0.05, 0) is 6.42 Å². The predicted molar refractivity (Wildman–Crippen MR) is 88.1 cm³/mol. The molecule has 0 aliphatic carbocycles. The third-order valence-electron chi connectivity index (χ3n) is 5.41. The van der Waals surface area contributed by atoms with Crippen LogP contribution in [0.4, 0.5) is 0 Å². The summed E-state index contributed by atoms with van der Waals surface area (Å²) in [6, 6.07) is 3.35. The molecule has 3 aliphatic rings. The summed E-state index contributed by atoms with van der Waals surface area (Å²) in [5.74, 6) is 0.613. The summed E-state index contributed by atoms with van der Waals surface area (Å²) in [6.45, 7) is 3.93. The Morgan fingerprint density at radius 1 is 1.23 bits per heavy atom. The lowest BCUT2D eigenvalue weighted by molar-refractivity contribution is -0.137. The lowest BCUT2D eigenvalue weighted by Crippen LogP contribution is -2.37. The molecule has 0 bridgehead atoms. The van der Waals surface area contributed by atoms with Gasteiger partial charge in [0.05, 0.1) is 18.3 Å². The molecule has 3 saturated heterocycles. The van der Waals surface area contributed by atoms with E-state index in [0.717, 1.165) is 6.42 Å². The summed E-state index contributed by atoms with van der Waals surface area (Å²) in [5, 5.41) is 8.80. The third-order valence-corrected chi connectivity index (χ3v) is 5.41. The number of amides is 2. The number of carbonyl (C=O) groups is 2. The fraction of sp³-hybridized carbons (Fsp3) is 0.611. The van der Waals surface area contributed by atoms with Crippen LogP contribution >= 0.6 is 0 Å². The Balaban J connectivity index is 1.27. The van der Waals surface area contributed by atoms with Gasteiger partial charge >= 0.3 is 0 Å². The molecule has 0 N–H and O–H groups in total. The zero-order valence-electron chi connectivity index (χ0n) is 14.4. The first-order chi connectivity index (χ1) is 12.6. The van der Waals surface area contributed by atoms with Crippen LogP contribution in [0.1, 0.15) is 22.5 Å². The summed E-state index contributed by atoms with van der Waals surface area (Å²) in [7, 11) is 0. The molecule has 8 heteroatoms. The van der Waals surface area contributed by atoms with Crippen molar-refractivity contribution in [2.75, 3.05) is 46.0 Å². The first kappa shape index (κ1) is 17.1. The van der Waals surface area contributed by atoms with Crippen LogP contribution in [0.25, 0.3) is 0 Å². The number of carbonyl (C=O) groups excluding carboxylic acids is 2. The number of nitrogens with zero attached hydrogens (tertiary/aromatic N) is 3. The Labute approximate surface area is 151 Å². The van der Waals surface area contributed by atoms with Crippen LogP contribution in [-0.2, 0) is 14.3 Å². The van der Waals surface area contributed by atoms with Gasteiger partial charge in [-0.2, -0.15) is 5.26 Å². The van der Waals surface area contributed by atoms with Gasteiger partial charge in [0.2, 0.25) is 11.7 Å². The van der Waals surface area contributed by atoms with Crippen LogP contribution in [0, 0.1) is 23.2 Å². The van der Waals surface area contributed by atoms with Gasteiger partial charge in [0, 0.05) is 50.7 Å². The number of fused-ring (bicyclic) bond motifs is 1. The summed E-state index contributed by atoms with van der Waals surface area (Å²) in [5.41, 5.74) is 0.404. The summed E-state index contributed by atoms with van der Waals surface area (Å²) in [4.78, 5) is 28.5. The minimum atomic E-state index is -0.118. The highest BCUT2D eigenvalue weighted by atomic mass is 16.5. The predicted octanol–water partition coefficient (Wildman–Crippen LogP) is 0.487. The monoisotopic (exact) mass is 359 g/mol. The molecule has 8 nitrogen and oxygen atoms in total. The summed E-state index contributed by atoms with van der Waals surface area (Å²) < 4.78 is 15.9. The summed E-state index contributed by atoms with van der Waals surface area (Å²) in [6.07, 6.45) is 2.20. The quantitative estimate of drug-likeness (QED) is 0.776. The van der Waals surface area contributed by atoms with Crippen molar-refractivity contribution in [1.82, 2.24) is 9.80 Å². The van der Waals surface area contributed by atoms with Crippen LogP contribution in [0.2, 0.25) is 0 Å². The number of hydrogen-bond acceptors (Lipinski definition) is 6. The van der Waals surface area contributed by atoms with Crippen molar-refractivity contribution in [2.45, 2.75) is 12.5 Å². The molecule has 2 amide bonds.